The average Bonchev–Trinajstić information content (AvgIpc) is 2.87. The van der Waals surface area contributed by atoms with Crippen molar-refractivity contribution in [3.63, 3.8) is 0 Å². The molecule has 1 atom stereocenters. The van der Waals surface area contributed by atoms with E-state index in [1.807, 2.05) is 4.90 Å². The Bertz CT molecular complexity index is 1170. The Morgan fingerprint density at radius 2 is 1.97 bits per heavy atom. The largest absolute Gasteiger partial charge is 0.497 e. The van der Waals surface area contributed by atoms with Crippen molar-refractivity contribution in [1.82, 2.24) is 14.9 Å². The van der Waals surface area contributed by atoms with Gasteiger partial charge in [0.05, 0.1) is 7.11 Å². The number of piperazine rings is 1. The lowest BCUT2D eigenvalue weighted by atomic mass is 9.80. The summed E-state index contributed by atoms with van der Waals surface area (Å²) >= 11 is 0. The van der Waals surface area contributed by atoms with Crippen LogP contribution in [0.1, 0.15) is 29.2 Å². The number of ether oxygens (including phenoxy) is 1. The number of anilines is 1. The van der Waals surface area contributed by atoms with Crippen molar-refractivity contribution < 1.29 is 9.53 Å². The summed E-state index contributed by atoms with van der Waals surface area (Å²) < 4.78 is 5.59. The molecule has 1 amide bonds. The van der Waals surface area contributed by atoms with E-state index >= 15 is 0 Å². The normalized spacial score (nSPS) is 18.3. The van der Waals surface area contributed by atoms with Crippen LogP contribution in [0.3, 0.4) is 0 Å². The fourth-order valence-electron chi connectivity index (χ4n) is 5.10. The highest BCUT2D eigenvalue weighted by molar-refractivity contribution is 5.88. The Hall–Kier alpha value is -3.41. The molecule has 1 aromatic heterocycles. The van der Waals surface area contributed by atoms with Crippen LogP contribution in [0.5, 0.6) is 5.75 Å². The molecule has 2 aromatic carbocycles. The number of carbonyl (C=O) groups excluding carboxylic acids is 1. The first-order valence-electron chi connectivity index (χ1n) is 11.2. The third-order valence-corrected chi connectivity index (χ3v) is 6.80. The van der Waals surface area contributed by atoms with E-state index in [9.17, 15) is 4.79 Å². The van der Waals surface area contributed by atoms with E-state index in [1.165, 1.54) is 28.0 Å². The van der Waals surface area contributed by atoms with Crippen molar-refractivity contribution in [3.8, 4) is 5.75 Å². The number of benzene rings is 2. The highest BCUT2D eigenvalue weighted by Crippen LogP contribution is 2.39. The van der Waals surface area contributed by atoms with Gasteiger partial charge in [0.25, 0.3) is 0 Å². The molecule has 0 spiro atoms. The van der Waals surface area contributed by atoms with Crippen molar-refractivity contribution in [2.75, 3.05) is 38.2 Å². The van der Waals surface area contributed by atoms with Gasteiger partial charge in [-0.3, -0.25) is 4.79 Å². The van der Waals surface area contributed by atoms with Gasteiger partial charge in [-0.25, -0.2) is 9.97 Å². The maximum absolute atomic E-state index is 11.9. The first kappa shape index (κ1) is 20.5. The molecule has 2 aliphatic rings. The standard InChI is InChI=1S/C26H28N4O2/c1-3-25(31)29-10-12-30(13-11-29)26-22-9-8-19(15-24(22)27-17-28-26)23-16-20(32-2)14-18-6-4-5-7-21(18)23/h3-7,14,16-17,19H,1,8-13,15H2,2H3. The molecule has 6 heteroatoms. The van der Waals surface area contributed by atoms with Gasteiger partial charge in [0.15, 0.2) is 0 Å². The number of hydrogen-bond acceptors (Lipinski definition) is 5. The fraction of sp³-hybridized carbons (Fsp3) is 0.346. The molecular weight excluding hydrogens is 400 g/mol. The molecule has 5 rings (SSSR count). The van der Waals surface area contributed by atoms with Gasteiger partial charge in [-0.05, 0) is 59.7 Å². The number of fused-ring (bicyclic) bond motifs is 2. The number of carbonyl (C=O) groups is 1. The molecule has 0 N–H and O–H groups in total. The predicted molar refractivity (Wildman–Crippen MR) is 126 cm³/mol. The van der Waals surface area contributed by atoms with Gasteiger partial charge in [-0.2, -0.15) is 0 Å². The molecule has 1 aliphatic heterocycles. The van der Waals surface area contributed by atoms with Crippen molar-refractivity contribution in [3.05, 3.63) is 72.2 Å². The van der Waals surface area contributed by atoms with E-state index in [1.54, 1.807) is 13.4 Å². The zero-order chi connectivity index (χ0) is 22.1. The Morgan fingerprint density at radius 1 is 1.16 bits per heavy atom. The summed E-state index contributed by atoms with van der Waals surface area (Å²) in [6.07, 6.45) is 6.00. The fourth-order valence-corrected chi connectivity index (χ4v) is 5.10. The second-order valence-electron chi connectivity index (χ2n) is 8.52. The number of methoxy groups -OCH3 is 1. The topological polar surface area (TPSA) is 58.6 Å². The minimum absolute atomic E-state index is 0.00252. The zero-order valence-electron chi connectivity index (χ0n) is 18.5. The molecule has 32 heavy (non-hydrogen) atoms. The first-order chi connectivity index (χ1) is 15.7. The van der Waals surface area contributed by atoms with Crippen LogP contribution < -0.4 is 9.64 Å². The first-order valence-corrected chi connectivity index (χ1v) is 11.2. The molecule has 0 bridgehead atoms. The molecule has 2 heterocycles. The van der Waals surface area contributed by atoms with Crippen molar-refractivity contribution in [1.29, 1.82) is 0 Å². The lowest BCUT2D eigenvalue weighted by Crippen LogP contribution is -2.49. The van der Waals surface area contributed by atoms with Gasteiger partial charge in [-0.1, -0.05) is 30.8 Å². The Labute approximate surface area is 188 Å². The van der Waals surface area contributed by atoms with Crippen LogP contribution in [0, 0.1) is 0 Å². The molecule has 1 fully saturated rings. The van der Waals surface area contributed by atoms with Crippen molar-refractivity contribution in [2.24, 2.45) is 0 Å². The highest BCUT2D eigenvalue weighted by Gasteiger charge is 2.29. The number of rotatable bonds is 4. The van der Waals surface area contributed by atoms with Crippen LogP contribution in [0.2, 0.25) is 0 Å². The summed E-state index contributed by atoms with van der Waals surface area (Å²) in [5.74, 6) is 2.34. The number of hydrogen-bond donors (Lipinski definition) is 0. The third-order valence-electron chi connectivity index (χ3n) is 6.80. The zero-order valence-corrected chi connectivity index (χ0v) is 18.5. The smallest absolute Gasteiger partial charge is 0.246 e. The molecule has 164 valence electrons. The predicted octanol–water partition coefficient (Wildman–Crippen LogP) is 3.75. The Morgan fingerprint density at radius 3 is 2.75 bits per heavy atom. The Kier molecular flexibility index (Phi) is 5.52. The summed E-state index contributed by atoms with van der Waals surface area (Å²) in [6.45, 7) is 6.56. The summed E-state index contributed by atoms with van der Waals surface area (Å²) in [7, 11) is 1.73. The minimum Gasteiger partial charge on any atom is -0.497 e. The van der Waals surface area contributed by atoms with E-state index in [0.29, 0.717) is 19.0 Å². The maximum Gasteiger partial charge on any atom is 0.246 e. The molecule has 1 saturated heterocycles. The summed E-state index contributed by atoms with van der Waals surface area (Å²) in [6, 6.07) is 12.8. The second kappa shape index (κ2) is 8.61. The van der Waals surface area contributed by atoms with Crippen LogP contribution in [0.15, 0.2) is 55.4 Å². The van der Waals surface area contributed by atoms with Crippen LogP contribution in [-0.2, 0) is 17.6 Å². The van der Waals surface area contributed by atoms with Crippen LogP contribution >= 0.6 is 0 Å². The summed E-state index contributed by atoms with van der Waals surface area (Å²) in [5, 5.41) is 2.50. The SMILES string of the molecule is C=CC(=O)N1CCN(c2ncnc3c2CCC(c2cc(OC)cc4ccccc24)C3)CC1. The van der Waals surface area contributed by atoms with E-state index in [0.717, 1.165) is 49.6 Å². The van der Waals surface area contributed by atoms with Gasteiger partial charge >= 0.3 is 0 Å². The van der Waals surface area contributed by atoms with E-state index in [-0.39, 0.29) is 5.91 Å². The maximum atomic E-state index is 11.9. The van der Waals surface area contributed by atoms with E-state index in [4.69, 9.17) is 4.74 Å². The Balaban J connectivity index is 1.41. The molecule has 1 unspecified atom stereocenters. The number of aromatic nitrogens is 2. The lowest BCUT2D eigenvalue weighted by molar-refractivity contribution is -0.126. The van der Waals surface area contributed by atoms with Crippen molar-refractivity contribution >= 4 is 22.5 Å². The second-order valence-corrected chi connectivity index (χ2v) is 8.52. The quantitative estimate of drug-likeness (QED) is 0.593. The van der Waals surface area contributed by atoms with Crippen molar-refractivity contribution in [2.45, 2.75) is 25.2 Å². The number of nitrogens with zero attached hydrogens (tertiary/aromatic N) is 4. The van der Waals surface area contributed by atoms with E-state index < -0.39 is 0 Å². The van der Waals surface area contributed by atoms with Gasteiger partial charge in [0, 0.05) is 37.4 Å². The molecule has 1 aliphatic carbocycles. The third kappa shape index (κ3) is 3.70. The van der Waals surface area contributed by atoms with Crippen LogP contribution in [0.25, 0.3) is 10.8 Å². The summed E-state index contributed by atoms with van der Waals surface area (Å²) in [4.78, 5) is 25.4. The monoisotopic (exact) mass is 428 g/mol. The van der Waals surface area contributed by atoms with Crippen LogP contribution in [-0.4, -0.2) is 54.1 Å². The highest BCUT2D eigenvalue weighted by atomic mass is 16.5. The lowest BCUT2D eigenvalue weighted by Gasteiger charge is -2.37. The molecule has 0 saturated carbocycles. The van der Waals surface area contributed by atoms with Gasteiger partial charge in [0.1, 0.15) is 17.9 Å². The molecule has 0 radical (unpaired) electrons. The molecule has 6 nitrogen and oxygen atoms in total. The molecular formula is C26H28N4O2. The number of amides is 1. The average molecular weight is 429 g/mol. The van der Waals surface area contributed by atoms with Gasteiger partial charge in [-0.15, -0.1) is 0 Å². The molecule has 3 aromatic rings. The minimum atomic E-state index is 0.00252. The summed E-state index contributed by atoms with van der Waals surface area (Å²) in [5.41, 5.74) is 3.74. The van der Waals surface area contributed by atoms with Gasteiger partial charge < -0.3 is 14.5 Å². The van der Waals surface area contributed by atoms with E-state index in [2.05, 4.69) is 57.8 Å². The van der Waals surface area contributed by atoms with Gasteiger partial charge in [0.2, 0.25) is 5.91 Å². The van der Waals surface area contributed by atoms with Crippen LogP contribution in [0.4, 0.5) is 5.82 Å².